The summed E-state index contributed by atoms with van der Waals surface area (Å²) in [6.45, 7) is 1.09. The molecule has 8 aromatic rings. The molecule has 4 heterocycles. The van der Waals surface area contributed by atoms with Crippen LogP contribution < -0.4 is 18.9 Å². The SMILES string of the molecule is COc1ccc(COc2c3c(c(CC(=O)N(C)C)c4cc(Cc5ccc(F)cc5)cnc24)CN(C)C3=O)cc1.COc1ccc(COc2c3c(c(CC(=O)O)c4cc(Cc5ccc(F)cc5)cnc24)CN(C)C3=O)cc1. The van der Waals surface area contributed by atoms with Crippen molar-refractivity contribution in [1.29, 1.82) is 0 Å². The summed E-state index contributed by atoms with van der Waals surface area (Å²) < 4.78 is 49.8. The Kier molecular flexibility index (Phi) is 15.2. The molecule has 1 N–H and O–H groups in total. The molecule has 0 fully saturated rings. The second-order valence-electron chi connectivity index (χ2n) is 19.0. The molecule has 0 bridgehead atoms. The third-order valence-electron chi connectivity index (χ3n) is 13.5. The first-order chi connectivity index (χ1) is 36.6. The highest BCUT2D eigenvalue weighted by atomic mass is 19.1. The maximum Gasteiger partial charge on any atom is 0.307 e. The summed E-state index contributed by atoms with van der Waals surface area (Å²) in [6, 6.07) is 31.4. The molecular weight excluding hydrogens is 973 g/mol. The smallest absolute Gasteiger partial charge is 0.307 e. The number of ether oxygens (including phenoxy) is 4. The van der Waals surface area contributed by atoms with Gasteiger partial charge in [-0.15, -0.1) is 0 Å². The predicted octanol–water partition coefficient (Wildman–Crippen LogP) is 9.53. The zero-order valence-electron chi connectivity index (χ0n) is 42.9. The van der Waals surface area contributed by atoms with Crippen molar-refractivity contribution in [2.45, 2.75) is 52.0 Å². The summed E-state index contributed by atoms with van der Waals surface area (Å²) in [5.74, 6) is 0.162. The average Bonchev–Trinajstić information content (AvgIpc) is 3.93. The molecule has 2 aliphatic rings. The standard InChI is InChI=1S/C31H30FN3O4.C29H25FN2O5/c1-34(2)27(36)15-24-25-14-21(13-19-5-9-22(32)10-6-19)16-33-29(25)30(28-26(24)17-35(3)31(28)37)39-18-20-7-11-23(38-4)12-8-20;1-32-15-24-22(13-25(33)34)23-12-19(11-17-3-7-20(30)8-4-17)14-31-27(23)28(26(24)29(32)35)37-16-18-5-9-21(36-2)10-6-18/h5-12,14,16H,13,15,17-18H2,1-4H3;3-10,12,14H,11,13,15-16H2,1-2H3,(H,33,34). The monoisotopic (exact) mass is 1030 g/mol. The quantitative estimate of drug-likeness (QED) is 0.0982. The van der Waals surface area contributed by atoms with E-state index in [9.17, 15) is 33.1 Å². The van der Waals surface area contributed by atoms with E-state index in [4.69, 9.17) is 23.9 Å². The van der Waals surface area contributed by atoms with Crippen LogP contribution in [0.2, 0.25) is 0 Å². The van der Waals surface area contributed by atoms with Crippen LogP contribution >= 0.6 is 0 Å². The van der Waals surface area contributed by atoms with Gasteiger partial charge in [-0.3, -0.25) is 29.1 Å². The van der Waals surface area contributed by atoms with Crippen LogP contribution in [0.15, 0.2) is 122 Å². The summed E-state index contributed by atoms with van der Waals surface area (Å²) in [6.07, 6.45) is 4.36. The van der Waals surface area contributed by atoms with E-state index in [-0.39, 0.29) is 62.0 Å². The Balaban J connectivity index is 0.000000186. The number of halogens is 2. The zero-order chi connectivity index (χ0) is 53.8. The van der Waals surface area contributed by atoms with Gasteiger partial charge in [0.25, 0.3) is 11.8 Å². The van der Waals surface area contributed by atoms with E-state index >= 15 is 0 Å². The number of methoxy groups -OCH3 is 2. The number of rotatable bonds is 16. The molecule has 0 aliphatic carbocycles. The van der Waals surface area contributed by atoms with Gasteiger partial charge in [0.1, 0.15) is 47.4 Å². The van der Waals surface area contributed by atoms with Gasteiger partial charge in [-0.1, -0.05) is 48.5 Å². The molecule has 6 aromatic carbocycles. The van der Waals surface area contributed by atoms with Gasteiger partial charge in [0.2, 0.25) is 5.91 Å². The number of aromatic nitrogens is 2. The number of likely N-dealkylation sites (N-methyl/N-ethyl adjacent to an activating group) is 1. The molecular formula is C60H55F2N5O9. The molecule has 0 spiro atoms. The van der Waals surface area contributed by atoms with E-state index in [2.05, 4.69) is 4.98 Å². The third kappa shape index (κ3) is 11.1. The highest BCUT2D eigenvalue weighted by Gasteiger charge is 2.36. The lowest BCUT2D eigenvalue weighted by Gasteiger charge is -2.19. The van der Waals surface area contributed by atoms with Crippen LogP contribution in [0.1, 0.15) is 76.4 Å². The second kappa shape index (κ2) is 22.3. The zero-order valence-corrected chi connectivity index (χ0v) is 42.9. The highest BCUT2D eigenvalue weighted by molar-refractivity contribution is 6.09. The lowest BCUT2D eigenvalue weighted by Crippen LogP contribution is -2.24. The van der Waals surface area contributed by atoms with Gasteiger partial charge in [0.15, 0.2) is 11.5 Å². The number of fused-ring (bicyclic) bond motifs is 4. The molecule has 76 heavy (non-hydrogen) atoms. The first-order valence-corrected chi connectivity index (χ1v) is 24.4. The van der Waals surface area contributed by atoms with Crippen LogP contribution in [0, 0.1) is 11.6 Å². The van der Waals surface area contributed by atoms with Gasteiger partial charge in [-0.25, -0.2) is 8.78 Å². The number of benzene rings is 6. The van der Waals surface area contributed by atoms with Crippen LogP contribution in [-0.2, 0) is 61.6 Å². The van der Waals surface area contributed by atoms with E-state index in [0.29, 0.717) is 69.6 Å². The molecule has 0 radical (unpaired) electrons. The lowest BCUT2D eigenvalue weighted by atomic mass is 9.92. The number of amides is 3. The molecule has 0 saturated carbocycles. The second-order valence-corrected chi connectivity index (χ2v) is 19.0. The normalized spacial score (nSPS) is 12.6. The number of hydrogen-bond donors (Lipinski definition) is 1. The maximum absolute atomic E-state index is 13.4. The summed E-state index contributed by atoms with van der Waals surface area (Å²) >= 11 is 0. The molecule has 3 amide bonds. The van der Waals surface area contributed by atoms with Gasteiger partial charge in [0, 0.05) is 64.4 Å². The number of aliphatic carboxylic acids is 1. The van der Waals surface area contributed by atoms with Crippen molar-refractivity contribution in [3.63, 3.8) is 0 Å². The molecule has 388 valence electrons. The summed E-state index contributed by atoms with van der Waals surface area (Å²) in [5, 5.41) is 11.1. The number of carbonyl (C=O) groups is 4. The Labute approximate surface area is 438 Å². The number of hydrogen-bond acceptors (Lipinski definition) is 10. The van der Waals surface area contributed by atoms with Crippen LogP contribution in [0.3, 0.4) is 0 Å². The molecule has 14 nitrogen and oxygen atoms in total. The fourth-order valence-electron chi connectivity index (χ4n) is 9.55. The Morgan fingerprint density at radius 3 is 1.33 bits per heavy atom. The largest absolute Gasteiger partial charge is 0.497 e. The van der Waals surface area contributed by atoms with E-state index < -0.39 is 5.97 Å². The van der Waals surface area contributed by atoms with Crippen LogP contribution in [0.25, 0.3) is 21.8 Å². The van der Waals surface area contributed by atoms with Crippen LogP contribution in [0.4, 0.5) is 8.78 Å². The van der Waals surface area contributed by atoms with Gasteiger partial charge in [0.05, 0.1) is 38.2 Å². The molecule has 10 rings (SSSR count). The minimum absolute atomic E-state index is 0.0728. The van der Waals surface area contributed by atoms with Gasteiger partial charge >= 0.3 is 5.97 Å². The number of nitrogens with zero attached hydrogens (tertiary/aromatic N) is 5. The van der Waals surface area contributed by atoms with E-state index in [1.165, 1.54) is 24.3 Å². The average molecular weight is 1030 g/mol. The summed E-state index contributed by atoms with van der Waals surface area (Å²) in [7, 11) is 10.1. The van der Waals surface area contributed by atoms with Gasteiger partial charge in [-0.05, 0) is 129 Å². The highest BCUT2D eigenvalue weighted by Crippen LogP contribution is 2.43. The minimum Gasteiger partial charge on any atom is -0.497 e. The van der Waals surface area contributed by atoms with Crippen LogP contribution in [-0.4, -0.2) is 95.9 Å². The van der Waals surface area contributed by atoms with Gasteiger partial charge < -0.3 is 38.8 Å². The minimum atomic E-state index is -0.999. The number of pyridine rings is 2. The van der Waals surface area contributed by atoms with Crippen molar-refractivity contribution in [2.75, 3.05) is 42.4 Å². The molecule has 2 aromatic heterocycles. The lowest BCUT2D eigenvalue weighted by molar-refractivity contribution is -0.136. The van der Waals surface area contributed by atoms with Crippen molar-refractivity contribution in [2.24, 2.45) is 0 Å². The topological polar surface area (TPSA) is 161 Å². The maximum atomic E-state index is 13.4. The van der Waals surface area contributed by atoms with E-state index in [0.717, 1.165) is 61.4 Å². The van der Waals surface area contributed by atoms with E-state index in [1.54, 1.807) is 93.8 Å². The van der Waals surface area contributed by atoms with Crippen molar-refractivity contribution >= 4 is 45.5 Å². The Morgan fingerprint density at radius 1 is 0.579 bits per heavy atom. The number of carbonyl (C=O) groups excluding carboxylic acids is 3. The summed E-state index contributed by atoms with van der Waals surface area (Å²) in [5.41, 5.74) is 9.94. The molecule has 2 aliphatic heterocycles. The Hall–Kier alpha value is -8.92. The first-order valence-electron chi connectivity index (χ1n) is 24.4. The van der Waals surface area contributed by atoms with Crippen molar-refractivity contribution < 1.29 is 52.0 Å². The molecule has 0 unspecified atom stereocenters. The number of carboxylic acid groups (broad SMARTS) is 1. The molecule has 0 atom stereocenters. The number of carboxylic acids is 1. The molecule has 0 saturated heterocycles. The molecule has 16 heteroatoms. The van der Waals surface area contributed by atoms with Crippen molar-refractivity contribution in [3.05, 3.63) is 200 Å². The predicted molar refractivity (Wildman–Crippen MR) is 282 cm³/mol. The Morgan fingerprint density at radius 2 is 0.961 bits per heavy atom. The van der Waals surface area contributed by atoms with Gasteiger partial charge in [-0.2, -0.15) is 0 Å². The van der Waals surface area contributed by atoms with E-state index in [1.807, 2.05) is 60.7 Å². The fraction of sp³-hybridized carbons (Fsp3) is 0.233. The third-order valence-corrected chi connectivity index (χ3v) is 13.5. The van der Waals surface area contributed by atoms with Crippen LogP contribution in [0.5, 0.6) is 23.0 Å². The van der Waals surface area contributed by atoms with Crippen molar-refractivity contribution in [1.82, 2.24) is 24.7 Å². The Bertz CT molecular complexity index is 3520. The summed E-state index contributed by atoms with van der Waals surface area (Å²) in [4.78, 5) is 65.4. The fourth-order valence-corrected chi connectivity index (χ4v) is 9.55. The first kappa shape index (κ1) is 52.0. The van der Waals surface area contributed by atoms with Crippen molar-refractivity contribution in [3.8, 4) is 23.0 Å².